The molecule has 7 heteroatoms. The molecular weight excluding hydrogens is 268 g/mol. The number of rotatable bonds is 6. The van der Waals surface area contributed by atoms with E-state index in [9.17, 15) is 18.4 Å². The number of hydrogen-bond donors (Lipinski definition) is 3. The van der Waals surface area contributed by atoms with Crippen LogP contribution in [0, 0.1) is 11.6 Å². The van der Waals surface area contributed by atoms with Crippen molar-refractivity contribution in [1.29, 1.82) is 0 Å². The largest absolute Gasteiger partial charge is 0.355 e. The second-order valence-electron chi connectivity index (χ2n) is 4.14. The first-order valence-electron chi connectivity index (χ1n) is 6.20. The lowest BCUT2D eigenvalue weighted by atomic mass is 10.3. The van der Waals surface area contributed by atoms with Gasteiger partial charge in [-0.1, -0.05) is 6.07 Å². The van der Waals surface area contributed by atoms with E-state index in [1.807, 2.05) is 0 Å². The SMILES string of the molecule is CCNC(=O)C(C)NCC(=O)Nc1c(F)cccc1F. The van der Waals surface area contributed by atoms with Gasteiger partial charge in [0.15, 0.2) is 0 Å². The standard InChI is InChI=1S/C13H17F2N3O2/c1-3-16-13(20)8(2)17-7-11(19)18-12-9(14)5-4-6-10(12)15/h4-6,8,17H,3,7H2,1-2H3,(H,16,20)(H,18,19). The zero-order valence-corrected chi connectivity index (χ0v) is 11.3. The highest BCUT2D eigenvalue weighted by atomic mass is 19.1. The molecule has 0 saturated heterocycles. The Labute approximate surface area is 115 Å². The first kappa shape index (κ1) is 16.0. The van der Waals surface area contributed by atoms with Gasteiger partial charge in [-0.25, -0.2) is 8.78 Å². The Balaban J connectivity index is 2.50. The summed E-state index contributed by atoms with van der Waals surface area (Å²) in [7, 11) is 0. The van der Waals surface area contributed by atoms with Crippen LogP contribution in [0.25, 0.3) is 0 Å². The molecule has 110 valence electrons. The Morgan fingerprint density at radius 2 is 1.85 bits per heavy atom. The predicted octanol–water partition coefficient (Wildman–Crippen LogP) is 1.02. The normalized spacial score (nSPS) is 11.8. The van der Waals surface area contributed by atoms with E-state index in [0.29, 0.717) is 6.54 Å². The number of para-hydroxylation sites is 1. The molecule has 1 atom stereocenters. The molecule has 1 rings (SSSR count). The second-order valence-corrected chi connectivity index (χ2v) is 4.14. The van der Waals surface area contributed by atoms with Crippen molar-refractivity contribution < 1.29 is 18.4 Å². The van der Waals surface area contributed by atoms with Crippen molar-refractivity contribution in [3.63, 3.8) is 0 Å². The molecule has 0 radical (unpaired) electrons. The molecule has 0 aliphatic rings. The van der Waals surface area contributed by atoms with Crippen LogP contribution >= 0.6 is 0 Å². The van der Waals surface area contributed by atoms with Crippen LogP contribution in [0.4, 0.5) is 14.5 Å². The van der Waals surface area contributed by atoms with Crippen LogP contribution in [0.15, 0.2) is 18.2 Å². The van der Waals surface area contributed by atoms with Crippen LogP contribution in [-0.4, -0.2) is 30.9 Å². The lowest BCUT2D eigenvalue weighted by Gasteiger charge is -2.13. The average molecular weight is 285 g/mol. The maximum atomic E-state index is 13.3. The molecule has 3 N–H and O–H groups in total. The van der Waals surface area contributed by atoms with Gasteiger partial charge in [0.25, 0.3) is 0 Å². The minimum atomic E-state index is -0.852. The summed E-state index contributed by atoms with van der Waals surface area (Å²) in [6.45, 7) is 3.61. The summed E-state index contributed by atoms with van der Waals surface area (Å²) in [6, 6.07) is 2.72. The van der Waals surface area contributed by atoms with Gasteiger partial charge >= 0.3 is 0 Å². The first-order chi connectivity index (χ1) is 9.45. The van der Waals surface area contributed by atoms with Crippen LogP contribution in [0.1, 0.15) is 13.8 Å². The molecule has 0 heterocycles. The highest BCUT2D eigenvalue weighted by Gasteiger charge is 2.15. The number of benzene rings is 1. The molecule has 20 heavy (non-hydrogen) atoms. The lowest BCUT2D eigenvalue weighted by molar-refractivity contribution is -0.122. The third kappa shape index (κ3) is 4.58. The number of likely N-dealkylation sites (N-methyl/N-ethyl adjacent to an activating group) is 1. The zero-order chi connectivity index (χ0) is 15.1. The molecule has 1 aromatic carbocycles. The van der Waals surface area contributed by atoms with Gasteiger partial charge in [-0.3, -0.25) is 14.9 Å². The molecule has 0 aliphatic carbocycles. The van der Waals surface area contributed by atoms with Crippen LogP contribution in [-0.2, 0) is 9.59 Å². The van der Waals surface area contributed by atoms with Gasteiger partial charge in [-0.05, 0) is 26.0 Å². The van der Waals surface area contributed by atoms with E-state index in [-0.39, 0.29) is 12.5 Å². The van der Waals surface area contributed by atoms with E-state index in [0.717, 1.165) is 12.1 Å². The molecule has 1 unspecified atom stereocenters. The molecule has 1 aromatic rings. The molecule has 0 saturated carbocycles. The smallest absolute Gasteiger partial charge is 0.238 e. The lowest BCUT2D eigenvalue weighted by Crippen LogP contribution is -2.44. The van der Waals surface area contributed by atoms with Crippen LogP contribution in [0.5, 0.6) is 0 Å². The summed E-state index contributed by atoms with van der Waals surface area (Å²) in [5.41, 5.74) is -0.495. The summed E-state index contributed by atoms with van der Waals surface area (Å²) in [4.78, 5) is 23.0. The average Bonchev–Trinajstić information content (AvgIpc) is 2.40. The van der Waals surface area contributed by atoms with Crippen molar-refractivity contribution in [3.8, 4) is 0 Å². The predicted molar refractivity (Wildman–Crippen MR) is 71.1 cm³/mol. The van der Waals surface area contributed by atoms with Crippen LogP contribution in [0.3, 0.4) is 0 Å². The van der Waals surface area contributed by atoms with E-state index in [1.165, 1.54) is 6.07 Å². The Morgan fingerprint density at radius 1 is 1.25 bits per heavy atom. The summed E-state index contributed by atoms with van der Waals surface area (Å²) in [6.07, 6.45) is 0. The van der Waals surface area contributed by atoms with Gasteiger partial charge in [0.05, 0.1) is 12.6 Å². The highest BCUT2D eigenvalue weighted by Crippen LogP contribution is 2.17. The maximum Gasteiger partial charge on any atom is 0.238 e. The number of carbonyl (C=O) groups is 2. The van der Waals surface area contributed by atoms with Crippen molar-refractivity contribution in [2.75, 3.05) is 18.4 Å². The molecule has 0 aliphatic heterocycles. The van der Waals surface area contributed by atoms with Gasteiger partial charge < -0.3 is 10.6 Å². The summed E-state index contributed by atoms with van der Waals surface area (Å²) < 4.78 is 26.6. The van der Waals surface area contributed by atoms with Gasteiger partial charge in [0.1, 0.15) is 17.3 Å². The van der Waals surface area contributed by atoms with Crippen molar-refractivity contribution >= 4 is 17.5 Å². The zero-order valence-electron chi connectivity index (χ0n) is 11.3. The van der Waals surface area contributed by atoms with Crippen molar-refractivity contribution in [1.82, 2.24) is 10.6 Å². The molecule has 0 bridgehead atoms. The van der Waals surface area contributed by atoms with E-state index >= 15 is 0 Å². The molecule has 5 nitrogen and oxygen atoms in total. The number of anilines is 1. The second kappa shape index (κ2) is 7.54. The molecular formula is C13H17F2N3O2. The van der Waals surface area contributed by atoms with Crippen molar-refractivity contribution in [2.45, 2.75) is 19.9 Å². The van der Waals surface area contributed by atoms with Crippen LogP contribution < -0.4 is 16.0 Å². The fourth-order valence-corrected chi connectivity index (χ4v) is 1.47. The Hall–Kier alpha value is -2.02. The summed E-state index contributed by atoms with van der Waals surface area (Å²) in [5, 5.41) is 7.36. The number of halogens is 2. The van der Waals surface area contributed by atoms with Crippen molar-refractivity contribution in [3.05, 3.63) is 29.8 Å². The number of hydrogen-bond acceptors (Lipinski definition) is 3. The third-order valence-electron chi connectivity index (χ3n) is 2.54. The minimum Gasteiger partial charge on any atom is -0.355 e. The van der Waals surface area contributed by atoms with Gasteiger partial charge in [0, 0.05) is 6.54 Å². The molecule has 0 spiro atoms. The van der Waals surface area contributed by atoms with Gasteiger partial charge in [0.2, 0.25) is 11.8 Å². The quantitative estimate of drug-likeness (QED) is 0.731. The van der Waals surface area contributed by atoms with E-state index in [1.54, 1.807) is 13.8 Å². The maximum absolute atomic E-state index is 13.3. The molecule has 0 aromatic heterocycles. The number of amides is 2. The Morgan fingerprint density at radius 3 is 2.40 bits per heavy atom. The first-order valence-corrected chi connectivity index (χ1v) is 6.20. The van der Waals surface area contributed by atoms with E-state index in [4.69, 9.17) is 0 Å². The van der Waals surface area contributed by atoms with Crippen LogP contribution in [0.2, 0.25) is 0 Å². The summed E-state index contributed by atoms with van der Waals surface area (Å²) >= 11 is 0. The number of nitrogens with one attached hydrogen (secondary N) is 3. The molecule has 0 fully saturated rings. The number of carbonyl (C=O) groups excluding carboxylic acids is 2. The van der Waals surface area contributed by atoms with Gasteiger partial charge in [-0.2, -0.15) is 0 Å². The van der Waals surface area contributed by atoms with E-state index < -0.39 is 29.3 Å². The topological polar surface area (TPSA) is 70.2 Å². The van der Waals surface area contributed by atoms with Crippen molar-refractivity contribution in [2.24, 2.45) is 0 Å². The molecule has 2 amide bonds. The fourth-order valence-electron chi connectivity index (χ4n) is 1.47. The minimum absolute atomic E-state index is 0.230. The Bertz CT molecular complexity index is 474. The highest BCUT2D eigenvalue weighted by molar-refractivity contribution is 5.93. The Kier molecular flexibility index (Phi) is 6.05. The third-order valence-corrected chi connectivity index (χ3v) is 2.54. The fraction of sp³-hybridized carbons (Fsp3) is 0.385. The van der Waals surface area contributed by atoms with E-state index in [2.05, 4.69) is 16.0 Å². The van der Waals surface area contributed by atoms with Gasteiger partial charge in [-0.15, -0.1) is 0 Å². The monoisotopic (exact) mass is 285 g/mol. The summed E-state index contributed by atoms with van der Waals surface area (Å²) in [5.74, 6) is -2.59.